The smallest absolute Gasteiger partial charge is 0.279 e. The molecule has 1 saturated heterocycles. The Hall–Kier alpha value is -1.15. The second-order valence-electron chi connectivity index (χ2n) is 5.94. The molecule has 0 aliphatic carbocycles. The summed E-state index contributed by atoms with van der Waals surface area (Å²) in [7, 11) is 0.313. The van der Waals surface area contributed by atoms with Crippen LogP contribution in [0.4, 0.5) is 0 Å². The van der Waals surface area contributed by atoms with Crippen molar-refractivity contribution in [1.82, 2.24) is 13.9 Å². The van der Waals surface area contributed by atoms with Crippen LogP contribution >= 0.6 is 0 Å². The fraction of sp³-hybridized carbons (Fsp3) is 0.625. The lowest BCUT2D eigenvalue weighted by Gasteiger charge is -2.26. The minimum atomic E-state index is -3.32. The second kappa shape index (κ2) is 8.63. The van der Waals surface area contributed by atoms with E-state index in [1.54, 1.807) is 11.4 Å². The maximum atomic E-state index is 12.2. The number of piperidine rings is 1. The molecule has 0 saturated carbocycles. The van der Waals surface area contributed by atoms with Crippen LogP contribution in [0.5, 0.6) is 5.75 Å². The van der Waals surface area contributed by atoms with E-state index in [0.29, 0.717) is 26.2 Å². The van der Waals surface area contributed by atoms with E-state index in [2.05, 4.69) is 9.62 Å². The van der Waals surface area contributed by atoms with Gasteiger partial charge in [-0.15, -0.1) is 0 Å². The molecule has 1 aliphatic heterocycles. The summed E-state index contributed by atoms with van der Waals surface area (Å²) >= 11 is 0. The molecular weight excluding hydrogens is 314 g/mol. The molecule has 0 bridgehead atoms. The molecule has 130 valence electrons. The van der Waals surface area contributed by atoms with E-state index < -0.39 is 10.2 Å². The highest BCUT2D eigenvalue weighted by Gasteiger charge is 2.23. The summed E-state index contributed by atoms with van der Waals surface area (Å²) in [6, 6.07) is 7.91. The number of benzene rings is 1. The summed E-state index contributed by atoms with van der Waals surface area (Å²) < 4.78 is 33.8. The zero-order valence-corrected chi connectivity index (χ0v) is 14.8. The van der Waals surface area contributed by atoms with Crippen molar-refractivity contribution in [2.45, 2.75) is 25.8 Å². The Balaban J connectivity index is 1.74. The molecule has 1 fully saturated rings. The summed E-state index contributed by atoms with van der Waals surface area (Å²) in [5.74, 6) is 0.839. The van der Waals surface area contributed by atoms with Gasteiger partial charge >= 0.3 is 0 Å². The monoisotopic (exact) mass is 341 g/mol. The Labute approximate surface area is 139 Å². The molecule has 1 heterocycles. The van der Waals surface area contributed by atoms with Crippen LogP contribution in [0.1, 0.15) is 24.8 Å². The van der Waals surface area contributed by atoms with Gasteiger partial charge in [0.1, 0.15) is 5.75 Å². The van der Waals surface area contributed by atoms with E-state index in [-0.39, 0.29) is 0 Å². The number of nitrogens with zero attached hydrogens (tertiary/aromatic N) is 2. The molecule has 0 radical (unpaired) electrons. The van der Waals surface area contributed by atoms with Crippen molar-refractivity contribution >= 4 is 10.2 Å². The SMILES string of the molecule is COc1ccc(CN(C)CCNS(=O)(=O)N2CCCCC2)cc1. The third kappa shape index (κ3) is 5.76. The summed E-state index contributed by atoms with van der Waals surface area (Å²) in [6.07, 6.45) is 3.03. The van der Waals surface area contributed by atoms with Crippen LogP contribution in [-0.4, -0.2) is 58.0 Å². The highest BCUT2D eigenvalue weighted by Crippen LogP contribution is 2.13. The van der Waals surface area contributed by atoms with Gasteiger partial charge in [-0.1, -0.05) is 18.6 Å². The number of hydrogen-bond donors (Lipinski definition) is 1. The van der Waals surface area contributed by atoms with E-state index >= 15 is 0 Å². The molecule has 7 heteroatoms. The van der Waals surface area contributed by atoms with Gasteiger partial charge in [0.2, 0.25) is 0 Å². The molecule has 1 aromatic rings. The van der Waals surface area contributed by atoms with Gasteiger partial charge in [-0.25, -0.2) is 4.72 Å². The third-order valence-electron chi connectivity index (χ3n) is 4.04. The minimum Gasteiger partial charge on any atom is -0.497 e. The van der Waals surface area contributed by atoms with Gasteiger partial charge in [-0.2, -0.15) is 12.7 Å². The van der Waals surface area contributed by atoms with Gasteiger partial charge < -0.3 is 9.64 Å². The summed E-state index contributed by atoms with van der Waals surface area (Å²) in [5, 5.41) is 0. The van der Waals surface area contributed by atoms with Crippen molar-refractivity contribution in [2.75, 3.05) is 40.3 Å². The van der Waals surface area contributed by atoms with Gasteiger partial charge in [0.15, 0.2) is 0 Å². The highest BCUT2D eigenvalue weighted by molar-refractivity contribution is 7.87. The molecule has 1 aliphatic rings. The molecule has 0 atom stereocenters. The quantitative estimate of drug-likeness (QED) is 0.777. The topological polar surface area (TPSA) is 61.9 Å². The van der Waals surface area contributed by atoms with E-state index in [1.807, 2.05) is 31.3 Å². The maximum absolute atomic E-state index is 12.2. The lowest BCUT2D eigenvalue weighted by atomic mass is 10.2. The molecular formula is C16H27N3O3S. The number of likely N-dealkylation sites (N-methyl/N-ethyl adjacent to an activating group) is 1. The normalized spacial score (nSPS) is 16.7. The van der Waals surface area contributed by atoms with Gasteiger partial charge in [-0.05, 0) is 37.6 Å². The molecule has 2 rings (SSSR count). The Morgan fingerprint density at radius 2 is 1.83 bits per heavy atom. The van der Waals surface area contributed by atoms with Gasteiger partial charge in [-0.3, -0.25) is 0 Å². The Bertz CT molecular complexity index is 569. The molecule has 1 N–H and O–H groups in total. The van der Waals surface area contributed by atoms with Crippen molar-refractivity contribution in [3.05, 3.63) is 29.8 Å². The summed E-state index contributed by atoms with van der Waals surface area (Å²) in [5.41, 5.74) is 1.17. The fourth-order valence-electron chi connectivity index (χ4n) is 2.68. The maximum Gasteiger partial charge on any atom is 0.279 e. The summed E-state index contributed by atoms with van der Waals surface area (Å²) in [4.78, 5) is 2.10. The number of nitrogens with one attached hydrogen (secondary N) is 1. The van der Waals surface area contributed by atoms with Gasteiger partial charge in [0.05, 0.1) is 7.11 Å². The standard InChI is InChI=1S/C16H27N3O3S/c1-18(14-15-6-8-16(22-2)9-7-15)13-10-17-23(20,21)19-11-4-3-5-12-19/h6-9,17H,3-5,10-14H2,1-2H3. The molecule has 0 unspecified atom stereocenters. The third-order valence-corrected chi connectivity index (χ3v) is 5.66. The van der Waals surface area contributed by atoms with E-state index in [0.717, 1.165) is 31.6 Å². The Morgan fingerprint density at radius 1 is 1.17 bits per heavy atom. The minimum absolute atomic E-state index is 0.422. The van der Waals surface area contributed by atoms with Crippen LogP contribution in [-0.2, 0) is 16.8 Å². The van der Waals surface area contributed by atoms with Crippen molar-refractivity contribution in [3.8, 4) is 5.75 Å². The molecule has 6 nitrogen and oxygen atoms in total. The van der Waals surface area contributed by atoms with Crippen LogP contribution in [0, 0.1) is 0 Å². The first-order valence-corrected chi connectivity index (χ1v) is 9.51. The zero-order valence-electron chi connectivity index (χ0n) is 14.0. The van der Waals surface area contributed by atoms with Crippen LogP contribution < -0.4 is 9.46 Å². The van der Waals surface area contributed by atoms with E-state index in [4.69, 9.17) is 4.74 Å². The molecule has 0 spiro atoms. The largest absolute Gasteiger partial charge is 0.497 e. The molecule has 0 aromatic heterocycles. The number of methoxy groups -OCH3 is 1. The van der Waals surface area contributed by atoms with Crippen molar-refractivity contribution in [3.63, 3.8) is 0 Å². The highest BCUT2D eigenvalue weighted by atomic mass is 32.2. The fourth-order valence-corrected chi connectivity index (χ4v) is 3.95. The molecule has 0 amide bonds. The zero-order chi connectivity index (χ0) is 16.7. The number of rotatable bonds is 8. The van der Waals surface area contributed by atoms with E-state index in [1.165, 1.54) is 5.56 Å². The van der Waals surface area contributed by atoms with E-state index in [9.17, 15) is 8.42 Å². The second-order valence-corrected chi connectivity index (χ2v) is 7.70. The molecule has 23 heavy (non-hydrogen) atoms. The van der Waals surface area contributed by atoms with Crippen molar-refractivity contribution < 1.29 is 13.2 Å². The summed E-state index contributed by atoms with van der Waals surface area (Å²) in [6.45, 7) is 3.13. The van der Waals surface area contributed by atoms with Crippen LogP contribution in [0.2, 0.25) is 0 Å². The lowest BCUT2D eigenvalue weighted by Crippen LogP contribution is -2.45. The van der Waals surface area contributed by atoms with Crippen molar-refractivity contribution in [1.29, 1.82) is 0 Å². The first-order chi connectivity index (χ1) is 11.0. The Morgan fingerprint density at radius 3 is 2.43 bits per heavy atom. The number of hydrogen-bond acceptors (Lipinski definition) is 4. The van der Waals surface area contributed by atoms with Crippen molar-refractivity contribution in [2.24, 2.45) is 0 Å². The van der Waals surface area contributed by atoms with Crippen LogP contribution in [0.3, 0.4) is 0 Å². The predicted molar refractivity (Wildman–Crippen MR) is 91.7 cm³/mol. The van der Waals surface area contributed by atoms with Crippen LogP contribution in [0.25, 0.3) is 0 Å². The average Bonchev–Trinajstić information content (AvgIpc) is 2.56. The van der Waals surface area contributed by atoms with Gasteiger partial charge in [0, 0.05) is 32.7 Å². The first-order valence-electron chi connectivity index (χ1n) is 8.07. The lowest BCUT2D eigenvalue weighted by molar-refractivity contribution is 0.321. The molecule has 1 aromatic carbocycles. The average molecular weight is 341 g/mol. The number of ether oxygens (including phenoxy) is 1. The van der Waals surface area contributed by atoms with Crippen LogP contribution in [0.15, 0.2) is 24.3 Å². The Kier molecular flexibility index (Phi) is 6.83. The van der Waals surface area contributed by atoms with Gasteiger partial charge in [0.25, 0.3) is 10.2 Å². The predicted octanol–water partition coefficient (Wildman–Crippen LogP) is 1.45. The first kappa shape index (κ1) is 18.2.